The molecule has 0 saturated heterocycles. The van der Waals surface area contributed by atoms with E-state index in [9.17, 15) is 4.79 Å². The summed E-state index contributed by atoms with van der Waals surface area (Å²) in [6.07, 6.45) is 1.27. The SMILES string of the molecule is COc1cccc(-n2c(CNC(=O)CCn3nc(C)cc3C)nnc2SCCc2ccccc2)c1. The van der Waals surface area contributed by atoms with Gasteiger partial charge in [-0.3, -0.25) is 14.0 Å². The van der Waals surface area contributed by atoms with Crippen molar-refractivity contribution < 1.29 is 9.53 Å². The van der Waals surface area contributed by atoms with Gasteiger partial charge in [-0.25, -0.2) is 0 Å². The van der Waals surface area contributed by atoms with Crippen molar-refractivity contribution in [2.75, 3.05) is 12.9 Å². The quantitative estimate of drug-likeness (QED) is 0.318. The molecule has 0 aliphatic rings. The number of nitrogens with one attached hydrogen (secondary N) is 1. The van der Waals surface area contributed by atoms with E-state index in [1.807, 2.05) is 71.6 Å². The second-order valence-electron chi connectivity index (χ2n) is 8.20. The molecule has 4 rings (SSSR count). The summed E-state index contributed by atoms with van der Waals surface area (Å²) in [5.41, 5.74) is 4.17. The molecule has 0 spiro atoms. The van der Waals surface area contributed by atoms with Gasteiger partial charge in [0.15, 0.2) is 11.0 Å². The number of benzene rings is 2. The lowest BCUT2D eigenvalue weighted by Crippen LogP contribution is -2.26. The summed E-state index contributed by atoms with van der Waals surface area (Å²) in [7, 11) is 1.64. The highest BCUT2D eigenvalue weighted by Crippen LogP contribution is 2.25. The van der Waals surface area contributed by atoms with Gasteiger partial charge in [0, 0.05) is 30.5 Å². The molecule has 0 fully saturated rings. The summed E-state index contributed by atoms with van der Waals surface area (Å²) in [6, 6.07) is 20.1. The molecule has 4 aromatic rings. The molecule has 8 nitrogen and oxygen atoms in total. The van der Waals surface area contributed by atoms with Crippen LogP contribution >= 0.6 is 11.8 Å². The Bertz CT molecular complexity index is 1270. The number of rotatable bonds is 11. The Kier molecular flexibility index (Phi) is 8.20. The van der Waals surface area contributed by atoms with Crippen molar-refractivity contribution in [2.24, 2.45) is 0 Å². The van der Waals surface area contributed by atoms with Crippen LogP contribution in [0, 0.1) is 13.8 Å². The Morgan fingerprint density at radius 2 is 1.89 bits per heavy atom. The van der Waals surface area contributed by atoms with Crippen LogP contribution in [0.25, 0.3) is 5.69 Å². The number of ether oxygens (including phenoxy) is 1. The van der Waals surface area contributed by atoms with Crippen molar-refractivity contribution in [2.45, 2.75) is 44.9 Å². The number of carbonyl (C=O) groups is 1. The Hall–Kier alpha value is -3.59. The van der Waals surface area contributed by atoms with Crippen molar-refractivity contribution in [1.82, 2.24) is 29.9 Å². The third-order valence-electron chi connectivity index (χ3n) is 5.57. The number of carbonyl (C=O) groups excluding carboxylic acids is 1. The minimum absolute atomic E-state index is 0.0592. The van der Waals surface area contributed by atoms with Crippen LogP contribution in [0.15, 0.2) is 65.8 Å². The number of aryl methyl sites for hydroxylation is 4. The topological polar surface area (TPSA) is 86.9 Å². The summed E-state index contributed by atoms with van der Waals surface area (Å²) < 4.78 is 9.26. The lowest BCUT2D eigenvalue weighted by Gasteiger charge is -2.12. The Labute approximate surface area is 209 Å². The molecule has 0 atom stereocenters. The van der Waals surface area contributed by atoms with Gasteiger partial charge in [0.2, 0.25) is 5.91 Å². The van der Waals surface area contributed by atoms with Crippen LogP contribution in [0.1, 0.15) is 29.2 Å². The lowest BCUT2D eigenvalue weighted by atomic mass is 10.2. The van der Waals surface area contributed by atoms with Gasteiger partial charge < -0.3 is 10.1 Å². The first-order chi connectivity index (χ1) is 17.0. The number of hydrogen-bond acceptors (Lipinski definition) is 6. The van der Waals surface area contributed by atoms with E-state index in [1.165, 1.54) is 5.56 Å². The van der Waals surface area contributed by atoms with Crippen molar-refractivity contribution >= 4 is 17.7 Å². The van der Waals surface area contributed by atoms with Crippen molar-refractivity contribution in [3.05, 3.63) is 83.4 Å². The highest BCUT2D eigenvalue weighted by Gasteiger charge is 2.16. The van der Waals surface area contributed by atoms with Crippen LogP contribution in [0.3, 0.4) is 0 Å². The fourth-order valence-corrected chi connectivity index (χ4v) is 4.76. The molecule has 2 heterocycles. The van der Waals surface area contributed by atoms with Gasteiger partial charge in [-0.1, -0.05) is 48.2 Å². The summed E-state index contributed by atoms with van der Waals surface area (Å²) in [5.74, 6) is 2.22. The van der Waals surface area contributed by atoms with Crippen LogP contribution in [0.4, 0.5) is 0 Å². The van der Waals surface area contributed by atoms with E-state index in [0.717, 1.165) is 40.2 Å². The average Bonchev–Trinajstić information content (AvgIpc) is 3.43. The van der Waals surface area contributed by atoms with E-state index in [0.29, 0.717) is 18.8 Å². The second kappa shape index (κ2) is 11.7. The van der Waals surface area contributed by atoms with Gasteiger partial charge >= 0.3 is 0 Å². The predicted octanol–water partition coefficient (Wildman–Crippen LogP) is 4.13. The number of amides is 1. The number of methoxy groups -OCH3 is 1. The van der Waals surface area contributed by atoms with Gasteiger partial charge in [0.1, 0.15) is 5.75 Å². The molecule has 35 heavy (non-hydrogen) atoms. The van der Waals surface area contributed by atoms with Gasteiger partial charge in [0.05, 0.1) is 25.0 Å². The zero-order valence-electron chi connectivity index (χ0n) is 20.3. The first-order valence-electron chi connectivity index (χ1n) is 11.6. The molecule has 1 N–H and O–H groups in total. The highest BCUT2D eigenvalue weighted by molar-refractivity contribution is 7.99. The summed E-state index contributed by atoms with van der Waals surface area (Å²) >= 11 is 1.64. The first-order valence-corrected chi connectivity index (χ1v) is 12.5. The number of aromatic nitrogens is 5. The molecule has 0 unspecified atom stereocenters. The summed E-state index contributed by atoms with van der Waals surface area (Å²) in [5, 5.41) is 17.0. The molecular formula is C26H30N6O2S. The molecule has 9 heteroatoms. The smallest absolute Gasteiger partial charge is 0.222 e. The normalized spacial score (nSPS) is 10.9. The number of thioether (sulfide) groups is 1. The summed E-state index contributed by atoms with van der Waals surface area (Å²) in [6.45, 7) is 4.75. The molecule has 2 aromatic heterocycles. The van der Waals surface area contributed by atoms with Crippen LogP contribution in [-0.4, -0.2) is 43.3 Å². The predicted molar refractivity (Wildman–Crippen MR) is 137 cm³/mol. The highest BCUT2D eigenvalue weighted by atomic mass is 32.2. The Morgan fingerprint density at radius 1 is 1.06 bits per heavy atom. The largest absolute Gasteiger partial charge is 0.497 e. The number of hydrogen-bond donors (Lipinski definition) is 1. The van der Waals surface area contributed by atoms with E-state index >= 15 is 0 Å². The van der Waals surface area contributed by atoms with E-state index in [2.05, 4.69) is 32.7 Å². The molecule has 1 amide bonds. The molecular weight excluding hydrogens is 460 g/mol. The van der Waals surface area contributed by atoms with Crippen molar-refractivity contribution in [1.29, 1.82) is 0 Å². The van der Waals surface area contributed by atoms with Gasteiger partial charge in [-0.2, -0.15) is 5.10 Å². The first kappa shape index (κ1) is 24.5. The molecule has 2 aromatic carbocycles. The maximum absolute atomic E-state index is 12.6. The van der Waals surface area contributed by atoms with Crippen LogP contribution < -0.4 is 10.1 Å². The average molecular weight is 491 g/mol. The second-order valence-corrected chi connectivity index (χ2v) is 9.26. The van der Waals surface area contributed by atoms with Crippen LogP contribution in [0.5, 0.6) is 5.75 Å². The lowest BCUT2D eigenvalue weighted by molar-refractivity contribution is -0.121. The van der Waals surface area contributed by atoms with E-state index in [1.54, 1.807) is 18.9 Å². The Morgan fingerprint density at radius 3 is 2.63 bits per heavy atom. The Balaban J connectivity index is 1.45. The van der Waals surface area contributed by atoms with E-state index in [4.69, 9.17) is 4.74 Å². The third-order valence-corrected chi connectivity index (χ3v) is 6.50. The molecule has 0 aliphatic heterocycles. The van der Waals surface area contributed by atoms with Gasteiger partial charge in [-0.05, 0) is 44.0 Å². The molecule has 0 saturated carbocycles. The fourth-order valence-electron chi connectivity index (χ4n) is 3.80. The molecule has 0 radical (unpaired) electrons. The minimum atomic E-state index is -0.0592. The standard InChI is InChI=1S/C26H30N6O2S/c1-19-16-20(2)31(30-19)14-12-25(33)27-18-24-28-29-26(35-15-13-21-8-5-4-6-9-21)32(24)22-10-7-11-23(17-22)34-3/h4-11,16-17H,12-15,18H2,1-3H3,(H,27,33). The molecule has 182 valence electrons. The molecule has 0 aliphatic carbocycles. The maximum atomic E-state index is 12.6. The van der Waals surface area contributed by atoms with Crippen molar-refractivity contribution in [3.8, 4) is 11.4 Å². The maximum Gasteiger partial charge on any atom is 0.222 e. The zero-order chi connectivity index (χ0) is 24.6. The molecule has 0 bridgehead atoms. The fraction of sp³-hybridized carbons (Fsp3) is 0.308. The van der Waals surface area contributed by atoms with Crippen LogP contribution in [0.2, 0.25) is 0 Å². The minimum Gasteiger partial charge on any atom is -0.497 e. The van der Waals surface area contributed by atoms with Gasteiger partial charge in [0.25, 0.3) is 0 Å². The number of nitrogens with zero attached hydrogens (tertiary/aromatic N) is 5. The zero-order valence-corrected chi connectivity index (χ0v) is 21.1. The third kappa shape index (κ3) is 6.51. The van der Waals surface area contributed by atoms with Crippen LogP contribution in [-0.2, 0) is 24.3 Å². The monoisotopic (exact) mass is 490 g/mol. The van der Waals surface area contributed by atoms with Crippen molar-refractivity contribution in [3.63, 3.8) is 0 Å². The van der Waals surface area contributed by atoms with E-state index < -0.39 is 0 Å². The summed E-state index contributed by atoms with van der Waals surface area (Å²) in [4.78, 5) is 12.6. The van der Waals surface area contributed by atoms with E-state index in [-0.39, 0.29) is 12.5 Å². The van der Waals surface area contributed by atoms with Gasteiger partial charge in [-0.15, -0.1) is 10.2 Å².